The van der Waals surface area contributed by atoms with Crippen LogP contribution in [0, 0.1) is 0 Å². The second kappa shape index (κ2) is 7.52. The molecule has 1 aliphatic carbocycles. The fraction of sp³-hybridized carbons (Fsp3) is 0.625. The van der Waals surface area contributed by atoms with E-state index in [4.69, 9.17) is 5.21 Å². The van der Waals surface area contributed by atoms with E-state index in [1.807, 2.05) is 19.9 Å². The Labute approximate surface area is 126 Å². The van der Waals surface area contributed by atoms with Crippen LogP contribution in [0.5, 0.6) is 0 Å². The van der Waals surface area contributed by atoms with Crippen molar-refractivity contribution >= 4 is 5.91 Å². The summed E-state index contributed by atoms with van der Waals surface area (Å²) >= 11 is 0. The second-order valence-corrected chi connectivity index (χ2v) is 5.43. The van der Waals surface area contributed by atoms with Gasteiger partial charge in [0.05, 0.1) is 5.56 Å². The Morgan fingerprint density at radius 1 is 1.38 bits per heavy atom. The van der Waals surface area contributed by atoms with Crippen molar-refractivity contribution in [3.05, 3.63) is 29.1 Å². The fourth-order valence-electron chi connectivity index (χ4n) is 3.22. The van der Waals surface area contributed by atoms with E-state index in [2.05, 4.69) is 9.88 Å². The van der Waals surface area contributed by atoms with Crippen LogP contribution < -0.4 is 5.48 Å². The lowest BCUT2D eigenvalue weighted by Gasteiger charge is -2.33. The minimum absolute atomic E-state index is 0.425. The van der Waals surface area contributed by atoms with E-state index in [0.29, 0.717) is 11.6 Å². The van der Waals surface area contributed by atoms with Crippen LogP contribution in [0.25, 0.3) is 0 Å². The van der Waals surface area contributed by atoms with Crippen LogP contribution in [0.2, 0.25) is 0 Å². The molecule has 0 atom stereocenters. The van der Waals surface area contributed by atoms with E-state index in [9.17, 15) is 4.79 Å². The van der Waals surface area contributed by atoms with E-state index >= 15 is 0 Å². The summed E-state index contributed by atoms with van der Waals surface area (Å²) in [7, 11) is 0. The molecule has 2 heterocycles. The van der Waals surface area contributed by atoms with Gasteiger partial charge in [-0.15, -0.1) is 0 Å². The lowest BCUT2D eigenvalue weighted by atomic mass is 10.0. The largest absolute Gasteiger partial charge is 0.296 e. The number of carbonyl (C=O) groups is 1. The summed E-state index contributed by atoms with van der Waals surface area (Å²) in [6, 6.07) is 2.55. The number of nitrogens with one attached hydrogen (secondary N) is 1. The van der Waals surface area contributed by atoms with Crippen LogP contribution >= 0.6 is 0 Å². The lowest BCUT2D eigenvalue weighted by molar-refractivity contribution is 0.0705. The molecule has 0 bridgehead atoms. The molecule has 0 spiro atoms. The third-order valence-electron chi connectivity index (χ3n) is 4.27. The standard InChI is InChI=1S/C14H19N3O2.C2H6/c18-14(16-19)10-7-11-9-17(12-3-1-2-4-12)6-5-13(11)15-8-10;1-2/h7-8,12,19H,1-6,9H2,(H,16,18);1-2H3. The van der Waals surface area contributed by atoms with Gasteiger partial charge in [0, 0.05) is 37.4 Å². The third kappa shape index (κ3) is 3.60. The van der Waals surface area contributed by atoms with Crippen LogP contribution in [0.3, 0.4) is 0 Å². The maximum atomic E-state index is 11.4. The number of aromatic nitrogens is 1. The maximum Gasteiger partial charge on any atom is 0.276 e. The molecule has 1 aromatic rings. The van der Waals surface area contributed by atoms with Gasteiger partial charge in [-0.25, -0.2) is 5.48 Å². The zero-order valence-electron chi connectivity index (χ0n) is 12.9. The number of fused-ring (bicyclic) bond motifs is 1. The van der Waals surface area contributed by atoms with E-state index in [1.54, 1.807) is 5.48 Å². The molecule has 1 saturated carbocycles. The molecule has 1 fully saturated rings. The van der Waals surface area contributed by atoms with Crippen molar-refractivity contribution in [1.29, 1.82) is 0 Å². The summed E-state index contributed by atoms with van der Waals surface area (Å²) in [5.74, 6) is -0.492. The highest BCUT2D eigenvalue weighted by atomic mass is 16.5. The molecule has 116 valence electrons. The zero-order chi connectivity index (χ0) is 15.2. The molecular weight excluding hydrogens is 266 g/mol. The van der Waals surface area contributed by atoms with Crippen molar-refractivity contribution in [3.63, 3.8) is 0 Å². The Hall–Kier alpha value is -1.46. The maximum absolute atomic E-state index is 11.4. The predicted molar refractivity (Wildman–Crippen MR) is 81.2 cm³/mol. The smallest absolute Gasteiger partial charge is 0.276 e. The van der Waals surface area contributed by atoms with Crippen LogP contribution in [0.15, 0.2) is 12.3 Å². The molecule has 5 heteroatoms. The highest BCUT2D eigenvalue weighted by molar-refractivity contribution is 5.93. The van der Waals surface area contributed by atoms with Crippen molar-refractivity contribution in [3.8, 4) is 0 Å². The first-order chi connectivity index (χ1) is 10.3. The molecule has 5 nitrogen and oxygen atoms in total. The van der Waals surface area contributed by atoms with Crippen molar-refractivity contribution in [2.24, 2.45) is 0 Å². The SMILES string of the molecule is CC.O=C(NO)c1cnc2c(c1)CN(C1CCCC1)CC2. The first-order valence-electron chi connectivity index (χ1n) is 7.94. The molecule has 0 unspecified atom stereocenters. The van der Waals surface area contributed by atoms with Crippen LogP contribution in [-0.4, -0.2) is 33.6 Å². The van der Waals surface area contributed by atoms with Gasteiger partial charge in [0.15, 0.2) is 0 Å². The van der Waals surface area contributed by atoms with Gasteiger partial charge in [0.25, 0.3) is 5.91 Å². The topological polar surface area (TPSA) is 65.5 Å². The fourth-order valence-corrected chi connectivity index (χ4v) is 3.22. The Morgan fingerprint density at radius 2 is 2.10 bits per heavy atom. The molecule has 2 N–H and O–H groups in total. The number of nitrogens with zero attached hydrogens (tertiary/aromatic N) is 2. The minimum Gasteiger partial charge on any atom is -0.296 e. The van der Waals surface area contributed by atoms with E-state index in [-0.39, 0.29) is 0 Å². The number of hydroxylamine groups is 1. The molecule has 21 heavy (non-hydrogen) atoms. The summed E-state index contributed by atoms with van der Waals surface area (Å²) in [4.78, 5) is 18.3. The quantitative estimate of drug-likeness (QED) is 0.649. The molecule has 1 aromatic heterocycles. The number of pyridine rings is 1. The van der Waals surface area contributed by atoms with E-state index in [0.717, 1.165) is 30.8 Å². The van der Waals surface area contributed by atoms with Gasteiger partial charge in [0.2, 0.25) is 0 Å². The summed E-state index contributed by atoms with van der Waals surface area (Å²) < 4.78 is 0. The van der Waals surface area contributed by atoms with Gasteiger partial charge in [-0.2, -0.15) is 0 Å². The monoisotopic (exact) mass is 291 g/mol. The number of rotatable bonds is 2. The summed E-state index contributed by atoms with van der Waals surface area (Å²) in [5.41, 5.74) is 4.30. The number of carbonyl (C=O) groups excluding carboxylic acids is 1. The molecule has 0 aromatic carbocycles. The van der Waals surface area contributed by atoms with Crippen molar-refractivity contribution < 1.29 is 10.0 Å². The third-order valence-corrected chi connectivity index (χ3v) is 4.27. The van der Waals surface area contributed by atoms with Crippen molar-refractivity contribution in [1.82, 2.24) is 15.4 Å². The average molecular weight is 291 g/mol. The lowest BCUT2D eigenvalue weighted by Crippen LogP contribution is -2.38. The first-order valence-corrected chi connectivity index (χ1v) is 7.94. The van der Waals surface area contributed by atoms with Crippen LogP contribution in [-0.2, 0) is 13.0 Å². The van der Waals surface area contributed by atoms with Gasteiger partial charge >= 0.3 is 0 Å². The number of hydrogen-bond donors (Lipinski definition) is 2. The Kier molecular flexibility index (Phi) is 5.70. The predicted octanol–water partition coefficient (Wildman–Crippen LogP) is 2.53. The molecular formula is C16H25N3O2. The van der Waals surface area contributed by atoms with Crippen molar-refractivity contribution in [2.45, 2.75) is 58.5 Å². The molecule has 2 aliphatic rings. The highest BCUT2D eigenvalue weighted by Crippen LogP contribution is 2.28. The van der Waals surface area contributed by atoms with Gasteiger partial charge in [-0.05, 0) is 24.5 Å². The molecule has 0 radical (unpaired) electrons. The summed E-state index contributed by atoms with van der Waals surface area (Å²) in [6.07, 6.45) is 7.74. The van der Waals surface area contributed by atoms with Gasteiger partial charge in [-0.3, -0.25) is 19.9 Å². The van der Waals surface area contributed by atoms with Crippen LogP contribution in [0.4, 0.5) is 0 Å². The van der Waals surface area contributed by atoms with Gasteiger partial charge in [-0.1, -0.05) is 26.7 Å². The highest BCUT2D eigenvalue weighted by Gasteiger charge is 2.26. The molecule has 0 saturated heterocycles. The normalized spacial score (nSPS) is 18.6. The van der Waals surface area contributed by atoms with E-state index in [1.165, 1.54) is 31.9 Å². The Balaban J connectivity index is 0.000000774. The number of amides is 1. The summed E-state index contributed by atoms with van der Waals surface area (Å²) in [5, 5.41) is 8.68. The summed E-state index contributed by atoms with van der Waals surface area (Å²) in [6.45, 7) is 5.94. The second-order valence-electron chi connectivity index (χ2n) is 5.43. The number of hydrogen-bond acceptors (Lipinski definition) is 4. The van der Waals surface area contributed by atoms with E-state index < -0.39 is 5.91 Å². The van der Waals surface area contributed by atoms with Gasteiger partial charge < -0.3 is 0 Å². The molecule has 1 amide bonds. The zero-order valence-corrected chi connectivity index (χ0v) is 12.9. The van der Waals surface area contributed by atoms with Crippen LogP contribution in [0.1, 0.15) is 61.1 Å². The molecule has 3 rings (SSSR count). The Bertz CT molecular complexity index is 484. The minimum atomic E-state index is -0.492. The molecule has 1 aliphatic heterocycles. The Morgan fingerprint density at radius 3 is 2.76 bits per heavy atom. The average Bonchev–Trinajstić information content (AvgIpc) is 3.09. The van der Waals surface area contributed by atoms with Crippen molar-refractivity contribution in [2.75, 3.05) is 6.54 Å². The van der Waals surface area contributed by atoms with Gasteiger partial charge in [0.1, 0.15) is 0 Å². The first kappa shape index (κ1) is 15.9.